The number of nitrogens with one attached hydrogen (secondary N) is 3. The minimum atomic E-state index is -0.369. The lowest BCUT2D eigenvalue weighted by Crippen LogP contribution is -2.32. The summed E-state index contributed by atoms with van der Waals surface area (Å²) in [6.45, 7) is 10.8. The first kappa shape index (κ1) is 92.9. The molecule has 10 aliphatic rings. The molecule has 3 saturated carbocycles. The van der Waals surface area contributed by atoms with Crippen LogP contribution in [0.5, 0.6) is 0 Å². The highest BCUT2D eigenvalue weighted by Gasteiger charge is 2.36. The van der Waals surface area contributed by atoms with Gasteiger partial charge < -0.3 is 56.0 Å². The lowest BCUT2D eigenvalue weighted by molar-refractivity contribution is -0.117. The topological polar surface area (TPSA) is 323 Å². The highest BCUT2D eigenvalue weighted by atomic mass is 16.5. The van der Waals surface area contributed by atoms with Gasteiger partial charge in [-0.25, -0.2) is 25.2 Å². The molecule has 4 saturated heterocycles. The Morgan fingerprint density at radius 2 is 0.887 bits per heavy atom. The summed E-state index contributed by atoms with van der Waals surface area (Å²) in [6.07, 6.45) is 36.5. The van der Waals surface area contributed by atoms with Crippen molar-refractivity contribution in [2.24, 2.45) is 29.5 Å². The lowest BCUT2D eigenvalue weighted by Gasteiger charge is -2.24. The van der Waals surface area contributed by atoms with Crippen LogP contribution in [-0.4, -0.2) is 150 Å². The molecule has 133 heavy (non-hydrogen) atoms. The molecule has 5 aromatic heterocycles. The van der Waals surface area contributed by atoms with E-state index in [1.54, 1.807) is 0 Å². The zero-order valence-electron chi connectivity index (χ0n) is 77.4. The second kappa shape index (κ2) is 44.3. The second-order valence-electron chi connectivity index (χ2n) is 37.1. The van der Waals surface area contributed by atoms with Crippen molar-refractivity contribution >= 4 is 91.8 Å². The molecular formula is C108H126N12O13. The Morgan fingerprint density at radius 1 is 0.489 bits per heavy atom. The number of nitrogens with two attached hydrogens (primary N) is 1. The zero-order valence-corrected chi connectivity index (χ0v) is 77.4. The number of nitriles is 1. The Kier molecular flexibility index (Phi) is 30.9. The summed E-state index contributed by atoms with van der Waals surface area (Å²) in [4.78, 5) is 55.0. The number of allylic oxidation sites excluding steroid dienone is 2. The van der Waals surface area contributed by atoms with Gasteiger partial charge in [-0.2, -0.15) is 10.4 Å². The van der Waals surface area contributed by atoms with Gasteiger partial charge in [-0.3, -0.25) is 20.7 Å². The van der Waals surface area contributed by atoms with Crippen LogP contribution in [0.2, 0.25) is 0 Å². The van der Waals surface area contributed by atoms with Gasteiger partial charge >= 0.3 is 17.9 Å². The van der Waals surface area contributed by atoms with E-state index in [1.165, 1.54) is 160 Å². The van der Waals surface area contributed by atoms with E-state index < -0.39 is 0 Å². The van der Waals surface area contributed by atoms with Gasteiger partial charge in [-0.05, 0) is 226 Å². The molecule has 3 aliphatic carbocycles. The number of hydrazine groups is 1. The molecule has 25 heteroatoms. The largest absolute Gasteiger partial charge is 0.481 e. The molecule has 5 N–H and O–H groups in total. The van der Waals surface area contributed by atoms with E-state index in [9.17, 15) is 19.2 Å². The Morgan fingerprint density at radius 3 is 1.32 bits per heavy atom. The van der Waals surface area contributed by atoms with Crippen LogP contribution in [0.25, 0.3) is 95.9 Å². The van der Waals surface area contributed by atoms with Crippen LogP contribution in [0, 0.1) is 40.4 Å². The SMILES string of the molecule is CCOC(=N)CC1CCOCC1.COC(=O)c1ccc2c(C3CCCCC3)c3n(c2c1)CC(C(=O)NN)=Cc1ccccc1-3.COC(=O)c1ccc2c(C3CCCCC3)c3n(c2c1)CC(c1n[nH]c(CC2CCOCC2)n1)=Cc1ccccc1-3.COC(=O)c1ccc2c(C3CCCCC3)c3n(c2c1)CC(c1nnc(CC2CCOCC2)o1)=Cc1ccccc1-3.N#CCC1CCOCC1. The number of aromatic nitrogens is 8. The third-order valence-electron chi connectivity index (χ3n) is 28.7. The summed E-state index contributed by atoms with van der Waals surface area (Å²) in [5.41, 5.74) is 24.3. The first-order valence-electron chi connectivity index (χ1n) is 48.5. The van der Waals surface area contributed by atoms with Gasteiger partial charge in [0, 0.05) is 145 Å². The quantitative estimate of drug-likeness (QED) is 0.0125. The van der Waals surface area contributed by atoms with Crippen molar-refractivity contribution in [3.8, 4) is 39.8 Å². The fourth-order valence-electron chi connectivity index (χ4n) is 21.8. The predicted molar refractivity (Wildman–Crippen MR) is 516 cm³/mol. The zero-order chi connectivity index (χ0) is 91.7. The summed E-state index contributed by atoms with van der Waals surface area (Å²) in [5.74, 6) is 11.3. The molecule has 1 amide bonds. The normalized spacial score (nSPS) is 17.9. The molecule has 0 unspecified atom stereocenters. The number of rotatable bonds is 17. The third-order valence-corrected chi connectivity index (χ3v) is 28.7. The van der Waals surface area contributed by atoms with E-state index in [2.05, 4.69) is 119 Å². The molecular weight excluding hydrogens is 1670 g/mol. The van der Waals surface area contributed by atoms with Gasteiger partial charge in [-0.1, -0.05) is 149 Å². The molecule has 0 radical (unpaired) electrons. The van der Waals surface area contributed by atoms with E-state index in [1.807, 2.05) is 73.7 Å². The van der Waals surface area contributed by atoms with Crippen molar-refractivity contribution < 1.29 is 61.5 Å². The summed E-state index contributed by atoms with van der Waals surface area (Å²) < 4.78 is 54.9. The molecule has 0 atom stereocenters. The Bertz CT molecular complexity index is 5870. The van der Waals surface area contributed by atoms with E-state index in [0.717, 1.165) is 203 Å². The van der Waals surface area contributed by atoms with Crippen LogP contribution in [0.4, 0.5) is 0 Å². The van der Waals surface area contributed by atoms with Crippen molar-refractivity contribution in [1.29, 1.82) is 10.7 Å². The summed E-state index contributed by atoms with van der Waals surface area (Å²) >= 11 is 0. The van der Waals surface area contributed by atoms with Crippen molar-refractivity contribution in [3.05, 3.63) is 206 Å². The molecule has 12 heterocycles. The van der Waals surface area contributed by atoms with Crippen LogP contribution < -0.4 is 11.3 Å². The Labute approximate surface area is 778 Å². The van der Waals surface area contributed by atoms with E-state index in [4.69, 9.17) is 68.9 Å². The highest BCUT2D eigenvalue weighted by Crippen LogP contribution is 2.52. The number of esters is 3. The van der Waals surface area contributed by atoms with Crippen LogP contribution >= 0.6 is 0 Å². The van der Waals surface area contributed by atoms with Crippen molar-refractivity contribution in [2.75, 3.05) is 80.8 Å². The van der Waals surface area contributed by atoms with Crippen molar-refractivity contribution in [1.82, 2.24) is 44.5 Å². The maximum Gasteiger partial charge on any atom is 0.337 e. The Balaban J connectivity index is 0.000000126. The van der Waals surface area contributed by atoms with Gasteiger partial charge in [0.2, 0.25) is 11.8 Å². The first-order valence-corrected chi connectivity index (χ1v) is 48.5. The molecule has 7 aliphatic heterocycles. The number of methoxy groups -OCH3 is 3. The van der Waals surface area contributed by atoms with E-state index in [0.29, 0.717) is 114 Å². The van der Waals surface area contributed by atoms with Crippen molar-refractivity contribution in [2.45, 2.75) is 218 Å². The first-order chi connectivity index (χ1) is 65.3. The third kappa shape index (κ3) is 21.3. The number of ether oxygens (including phenoxy) is 8. The van der Waals surface area contributed by atoms with Crippen LogP contribution in [-0.2, 0) is 75.2 Å². The maximum absolute atomic E-state index is 12.6. The number of aromatic amines is 1. The van der Waals surface area contributed by atoms with Gasteiger partial charge in [0.25, 0.3) is 5.91 Å². The fourth-order valence-corrected chi connectivity index (χ4v) is 21.8. The van der Waals surface area contributed by atoms with Gasteiger partial charge in [0.1, 0.15) is 5.82 Å². The molecule has 25 nitrogen and oxygen atoms in total. The molecule has 11 aromatic rings. The number of carbonyl (C=O) groups is 4. The van der Waals surface area contributed by atoms with Crippen LogP contribution in [0.15, 0.2) is 137 Å². The van der Waals surface area contributed by atoms with Gasteiger partial charge in [0.15, 0.2) is 11.7 Å². The Hall–Kier alpha value is -11.9. The summed E-state index contributed by atoms with van der Waals surface area (Å²) in [7, 11) is 4.27. The van der Waals surface area contributed by atoms with Crippen molar-refractivity contribution in [3.63, 3.8) is 0 Å². The number of H-pyrrole nitrogens is 1. The molecule has 6 aromatic carbocycles. The number of hydrogen-bond donors (Lipinski definition) is 4. The molecule has 0 bridgehead atoms. The maximum atomic E-state index is 12.6. The minimum Gasteiger partial charge on any atom is -0.481 e. The predicted octanol–water partition coefficient (Wildman–Crippen LogP) is 21.5. The number of benzene rings is 6. The smallest absolute Gasteiger partial charge is 0.337 e. The van der Waals surface area contributed by atoms with Crippen LogP contribution in [0.3, 0.4) is 0 Å². The lowest BCUT2D eigenvalue weighted by atomic mass is 9.81. The number of amides is 1. The standard InChI is InChI=1S/C33H36N4O3.C33H35N3O4.C26H27N3O3.C9H17NO2.C7H11NO/c1-39-33(38)24-11-12-27-28(19-24)37-20-25(32-34-29(35-36-32)17-21-13-15-40-16-14-21)18-23-9-5-6-10-26(23)31(37)30(27)22-7-3-2-4-8-22;1-38-33(37)24-11-12-27-28(19-24)36-20-25(32-35-34-29(40-32)17-21-13-15-39-16-14-21)18-23-9-5-6-10-26(23)31(36)30(27)22-7-3-2-4-8-22;1-32-26(31)18-11-12-21-22(14-18)29-15-19(25(30)28-27)13-17-9-5-6-10-20(17)24(29)23(21)16-7-3-2-4-8-16;1-2-12-9(10)7-8-3-5-11-6-4-8;8-4-1-7-2-5-9-6-3-7/h5-6,9-12,18-19,21-22H,2-4,7-8,13-17,20H2,1H3,(H,34,35,36);5-6,9-12,18-19,21-22H,2-4,7-8,13-17,20H2,1H3;5-6,9-14,16H,2-4,7-8,15,27H2,1H3,(H,28,30);8,10H,2-7H2,1H3;7H,1-3,5-6H2. The minimum absolute atomic E-state index is 0.308. The second-order valence-corrected chi connectivity index (χ2v) is 37.1. The molecule has 696 valence electrons. The monoisotopic (exact) mass is 1800 g/mol. The van der Waals surface area contributed by atoms with Gasteiger partial charge in [-0.15, -0.1) is 10.2 Å². The number of hydrogen-bond acceptors (Lipinski definition) is 20. The summed E-state index contributed by atoms with van der Waals surface area (Å²) in [5, 5.41) is 36.3. The number of fused-ring (bicyclic) bond motifs is 15. The highest BCUT2D eigenvalue weighted by molar-refractivity contribution is 6.06. The van der Waals surface area contributed by atoms with E-state index in [-0.39, 0.29) is 23.8 Å². The van der Waals surface area contributed by atoms with Crippen LogP contribution in [0.1, 0.15) is 273 Å². The molecule has 0 spiro atoms. The molecule has 21 rings (SSSR count). The molecule has 7 fully saturated rings. The average Bonchev–Trinajstić information content (AvgIpc) is 1.58. The number of carbonyl (C=O) groups excluding carboxylic acids is 4. The van der Waals surface area contributed by atoms with E-state index >= 15 is 0 Å². The average molecular weight is 1800 g/mol. The summed E-state index contributed by atoms with van der Waals surface area (Å²) in [6, 6.07) is 45.5. The van der Waals surface area contributed by atoms with Gasteiger partial charge in [0.05, 0.1) is 87.4 Å². The number of nitrogens with zero attached hydrogens (tertiary/aromatic N) is 8. The fraction of sp³-hybridized carbons (Fsp3) is 0.463.